The quantitative estimate of drug-likeness (QED) is 0.491. The Morgan fingerprint density at radius 1 is 1.23 bits per heavy atom. The lowest BCUT2D eigenvalue weighted by atomic mass is 9.59. The Morgan fingerprint density at radius 3 is 2.61 bits per heavy atom. The third-order valence-electron chi connectivity index (χ3n) is 8.70. The Hall–Kier alpha value is -0.940. The zero-order valence-corrected chi connectivity index (χ0v) is 20.0. The van der Waals surface area contributed by atoms with E-state index < -0.39 is 17.8 Å². The average Bonchev–Trinajstić information content (AvgIpc) is 3.06. The molecule has 3 fully saturated rings. The van der Waals surface area contributed by atoms with Crippen molar-refractivity contribution in [1.82, 2.24) is 0 Å². The lowest BCUT2D eigenvalue weighted by molar-refractivity contribution is -0.0722. The molecule has 0 aliphatic heterocycles. The maximum Gasteiger partial charge on any atom is 0.0811 e. The molecule has 0 aromatic carbocycles. The van der Waals surface area contributed by atoms with Crippen molar-refractivity contribution in [2.24, 2.45) is 23.2 Å². The number of hydrogen-bond acceptors (Lipinski definition) is 4. The fraction of sp³-hybridized carbons (Fsp3) is 0.778. The number of hydrogen-bond donors (Lipinski definition) is 4. The molecule has 0 aromatic heterocycles. The van der Waals surface area contributed by atoms with Crippen LogP contribution in [0.4, 0.5) is 0 Å². The Labute approximate surface area is 188 Å². The summed E-state index contributed by atoms with van der Waals surface area (Å²) >= 11 is 0. The van der Waals surface area contributed by atoms with Gasteiger partial charge in [0.05, 0.1) is 23.9 Å². The van der Waals surface area contributed by atoms with Crippen LogP contribution in [0.3, 0.4) is 0 Å². The van der Waals surface area contributed by atoms with E-state index in [0.717, 1.165) is 43.3 Å². The van der Waals surface area contributed by atoms with Crippen molar-refractivity contribution >= 4 is 0 Å². The highest BCUT2D eigenvalue weighted by Crippen LogP contribution is 2.60. The number of fused-ring (bicyclic) bond motifs is 1. The van der Waals surface area contributed by atoms with Gasteiger partial charge in [-0.3, -0.25) is 0 Å². The van der Waals surface area contributed by atoms with E-state index in [1.807, 2.05) is 20.8 Å². The predicted octanol–water partition coefficient (Wildman–Crippen LogP) is 4.68. The molecular weight excluding hydrogens is 388 g/mol. The second-order valence-corrected chi connectivity index (χ2v) is 11.3. The Kier molecular flexibility index (Phi) is 7.57. The van der Waals surface area contributed by atoms with Crippen molar-refractivity contribution in [3.05, 3.63) is 35.5 Å². The Morgan fingerprint density at radius 2 is 1.94 bits per heavy atom. The summed E-state index contributed by atoms with van der Waals surface area (Å²) in [6.45, 7) is 12.4. The van der Waals surface area contributed by atoms with E-state index >= 15 is 0 Å². The van der Waals surface area contributed by atoms with Crippen molar-refractivity contribution in [3.63, 3.8) is 0 Å². The molecule has 0 heterocycles. The average molecular weight is 433 g/mol. The third-order valence-corrected chi connectivity index (χ3v) is 8.70. The normalized spacial score (nSPS) is 39.7. The SMILES string of the molecule is C=C1/C(=C\C=C2/CCC[C@@]3(C)[C@H]2CC[C@@H]3[C@@](C)(O)CCC(O)C(C)C)C[C@H](O)C[C@H]1O. The minimum atomic E-state index is -0.772. The Bertz CT molecular complexity index is 719. The fourth-order valence-corrected chi connectivity index (χ4v) is 6.67. The lowest BCUT2D eigenvalue weighted by Crippen LogP contribution is -2.45. The van der Waals surface area contributed by atoms with Crippen LogP contribution in [0.15, 0.2) is 35.5 Å². The summed E-state index contributed by atoms with van der Waals surface area (Å²) < 4.78 is 0. The van der Waals surface area contributed by atoms with E-state index in [0.29, 0.717) is 31.6 Å². The summed E-state index contributed by atoms with van der Waals surface area (Å²) in [7, 11) is 0. The van der Waals surface area contributed by atoms with E-state index in [1.165, 1.54) is 5.57 Å². The van der Waals surface area contributed by atoms with Crippen LogP contribution < -0.4 is 0 Å². The van der Waals surface area contributed by atoms with Crippen molar-refractivity contribution in [1.29, 1.82) is 0 Å². The number of rotatable bonds is 6. The van der Waals surface area contributed by atoms with Crippen LogP contribution in [0.5, 0.6) is 0 Å². The first-order valence-electron chi connectivity index (χ1n) is 12.3. The molecule has 7 atom stereocenters. The topological polar surface area (TPSA) is 80.9 Å². The first-order chi connectivity index (χ1) is 14.5. The van der Waals surface area contributed by atoms with Gasteiger partial charge in [-0.2, -0.15) is 0 Å². The van der Waals surface area contributed by atoms with Gasteiger partial charge in [0, 0.05) is 6.42 Å². The zero-order valence-electron chi connectivity index (χ0n) is 20.0. The molecule has 0 saturated heterocycles. The van der Waals surface area contributed by atoms with Gasteiger partial charge in [0.1, 0.15) is 0 Å². The van der Waals surface area contributed by atoms with Gasteiger partial charge in [0.2, 0.25) is 0 Å². The molecule has 3 aliphatic rings. The highest BCUT2D eigenvalue weighted by atomic mass is 16.3. The molecule has 1 unspecified atom stereocenters. The highest BCUT2D eigenvalue weighted by Gasteiger charge is 2.54. The molecule has 3 saturated carbocycles. The maximum atomic E-state index is 11.5. The molecule has 0 amide bonds. The molecule has 4 N–H and O–H groups in total. The molecule has 0 spiro atoms. The molecule has 31 heavy (non-hydrogen) atoms. The standard InChI is InChI=1S/C27H44O4/c1-17(2)23(29)12-14-27(5,31)25-11-10-22-19(7-6-13-26(22,25)4)8-9-20-15-21(28)16-24(30)18(20)3/h8-9,17,21-25,28-31H,3,6-7,10-16H2,1-2,4-5H3/b19-8+,20-9-/t21-,22-,23?,24+,25-,26-,27-/m0/s1. The first kappa shape index (κ1) is 24.7. The molecule has 0 bridgehead atoms. The second kappa shape index (κ2) is 9.51. The summed E-state index contributed by atoms with van der Waals surface area (Å²) in [6.07, 6.45) is 10.4. The summed E-state index contributed by atoms with van der Waals surface area (Å²) in [5.41, 5.74) is 2.42. The number of aliphatic hydroxyl groups excluding tert-OH is 3. The summed E-state index contributed by atoms with van der Waals surface area (Å²) in [5, 5.41) is 41.9. The van der Waals surface area contributed by atoms with E-state index in [1.54, 1.807) is 0 Å². The van der Waals surface area contributed by atoms with Crippen molar-refractivity contribution in [2.75, 3.05) is 0 Å². The summed E-state index contributed by atoms with van der Waals surface area (Å²) in [6, 6.07) is 0. The van der Waals surface area contributed by atoms with Gasteiger partial charge in [-0.1, -0.05) is 45.1 Å². The summed E-state index contributed by atoms with van der Waals surface area (Å²) in [4.78, 5) is 0. The van der Waals surface area contributed by atoms with Crippen molar-refractivity contribution in [2.45, 2.75) is 109 Å². The van der Waals surface area contributed by atoms with Crippen molar-refractivity contribution < 1.29 is 20.4 Å². The highest BCUT2D eigenvalue weighted by molar-refractivity contribution is 5.38. The lowest BCUT2D eigenvalue weighted by Gasteiger charge is -2.47. The van der Waals surface area contributed by atoms with Gasteiger partial charge in [0.15, 0.2) is 0 Å². The molecule has 0 radical (unpaired) electrons. The number of allylic oxidation sites excluding steroid dienone is 3. The van der Waals surface area contributed by atoms with Gasteiger partial charge in [0.25, 0.3) is 0 Å². The molecule has 4 nitrogen and oxygen atoms in total. The van der Waals surface area contributed by atoms with Gasteiger partial charge < -0.3 is 20.4 Å². The van der Waals surface area contributed by atoms with Crippen LogP contribution in [0.2, 0.25) is 0 Å². The van der Waals surface area contributed by atoms with Gasteiger partial charge >= 0.3 is 0 Å². The van der Waals surface area contributed by atoms with E-state index in [-0.39, 0.29) is 23.4 Å². The zero-order chi connectivity index (χ0) is 23.0. The van der Waals surface area contributed by atoms with E-state index in [4.69, 9.17) is 0 Å². The summed E-state index contributed by atoms with van der Waals surface area (Å²) in [5.74, 6) is 0.900. The van der Waals surface area contributed by atoms with E-state index in [2.05, 4.69) is 25.7 Å². The minimum Gasteiger partial charge on any atom is -0.393 e. The largest absolute Gasteiger partial charge is 0.393 e. The number of aliphatic hydroxyl groups is 4. The van der Waals surface area contributed by atoms with Gasteiger partial charge in [-0.05, 0) is 92.6 Å². The minimum absolute atomic E-state index is 0.0669. The smallest absolute Gasteiger partial charge is 0.0811 e. The van der Waals surface area contributed by atoms with Crippen LogP contribution in [0.25, 0.3) is 0 Å². The molecule has 4 heteroatoms. The third kappa shape index (κ3) is 5.19. The molecule has 3 rings (SSSR count). The van der Waals surface area contributed by atoms with Crippen LogP contribution in [-0.4, -0.2) is 44.3 Å². The predicted molar refractivity (Wildman–Crippen MR) is 125 cm³/mol. The molecular formula is C27H44O4. The van der Waals surface area contributed by atoms with Crippen LogP contribution in [0, 0.1) is 23.2 Å². The monoisotopic (exact) mass is 432 g/mol. The van der Waals surface area contributed by atoms with Gasteiger partial charge in [-0.15, -0.1) is 0 Å². The molecule has 0 aromatic rings. The first-order valence-corrected chi connectivity index (χ1v) is 12.3. The van der Waals surface area contributed by atoms with Crippen LogP contribution in [0.1, 0.15) is 85.5 Å². The second-order valence-electron chi connectivity index (χ2n) is 11.3. The van der Waals surface area contributed by atoms with E-state index in [9.17, 15) is 20.4 Å². The Balaban J connectivity index is 1.77. The van der Waals surface area contributed by atoms with Crippen LogP contribution in [-0.2, 0) is 0 Å². The molecule has 176 valence electrons. The fourth-order valence-electron chi connectivity index (χ4n) is 6.67. The van der Waals surface area contributed by atoms with Crippen LogP contribution >= 0.6 is 0 Å². The maximum absolute atomic E-state index is 11.5. The molecule has 3 aliphatic carbocycles. The van der Waals surface area contributed by atoms with Gasteiger partial charge in [-0.25, -0.2) is 0 Å². The van der Waals surface area contributed by atoms with Crippen molar-refractivity contribution in [3.8, 4) is 0 Å².